The van der Waals surface area contributed by atoms with Gasteiger partial charge in [-0.25, -0.2) is 9.97 Å². The molecule has 3 rings (SSSR count). The molecule has 0 bridgehead atoms. The SMILES string of the molecule is CCB(O)O.Cc1ccc(-c2cncn2C)cc1.Cn1cncc1Br. The van der Waals surface area contributed by atoms with E-state index in [9.17, 15) is 0 Å². The molecule has 2 N–H and O–H groups in total. The third-order valence-electron chi connectivity index (χ3n) is 3.29. The van der Waals surface area contributed by atoms with E-state index in [4.69, 9.17) is 10.0 Å². The van der Waals surface area contributed by atoms with Gasteiger partial charge >= 0.3 is 7.12 Å². The van der Waals surface area contributed by atoms with Crippen LogP contribution in [0.4, 0.5) is 0 Å². The summed E-state index contributed by atoms with van der Waals surface area (Å²) in [5, 5.41) is 15.8. The van der Waals surface area contributed by atoms with E-state index in [0.29, 0.717) is 6.32 Å². The molecular weight excluding hydrogens is 383 g/mol. The van der Waals surface area contributed by atoms with E-state index in [2.05, 4.69) is 57.1 Å². The molecule has 0 atom stereocenters. The smallest absolute Gasteiger partial charge is 0.427 e. The van der Waals surface area contributed by atoms with Crippen LogP contribution in [0.5, 0.6) is 0 Å². The fraction of sp³-hybridized carbons (Fsp3) is 0.294. The third kappa shape index (κ3) is 7.68. The summed E-state index contributed by atoms with van der Waals surface area (Å²) in [5.41, 5.74) is 3.65. The van der Waals surface area contributed by atoms with Gasteiger partial charge in [0, 0.05) is 14.1 Å². The standard InChI is InChI=1S/C11H12N2.C4H5BrN2.C2H7BO2/c1-9-3-5-10(6-4-9)11-7-12-8-13(11)2;1-7-3-6-2-4(7)5;1-2-3(4)5/h3-8H,1-2H3;2-3H,1H3;4-5H,2H2,1H3. The number of aryl methyl sites for hydroxylation is 3. The van der Waals surface area contributed by atoms with E-state index in [1.54, 1.807) is 19.4 Å². The maximum Gasteiger partial charge on any atom is 0.451 e. The number of hydrogen-bond acceptors (Lipinski definition) is 4. The summed E-state index contributed by atoms with van der Waals surface area (Å²) in [7, 11) is 2.81. The zero-order valence-electron chi connectivity index (χ0n) is 15.0. The lowest BCUT2D eigenvalue weighted by Gasteiger charge is -2.01. The molecule has 0 saturated heterocycles. The van der Waals surface area contributed by atoms with Crippen LogP contribution in [0.25, 0.3) is 11.3 Å². The van der Waals surface area contributed by atoms with Crippen molar-refractivity contribution in [3.8, 4) is 11.3 Å². The zero-order chi connectivity index (χ0) is 18.8. The average molecular weight is 407 g/mol. The minimum atomic E-state index is -1.12. The molecule has 134 valence electrons. The maximum absolute atomic E-state index is 7.92. The average Bonchev–Trinajstić information content (AvgIpc) is 3.18. The van der Waals surface area contributed by atoms with Crippen LogP contribution in [0.1, 0.15) is 12.5 Å². The van der Waals surface area contributed by atoms with Gasteiger partial charge < -0.3 is 19.2 Å². The van der Waals surface area contributed by atoms with Gasteiger partial charge in [-0.2, -0.15) is 0 Å². The van der Waals surface area contributed by atoms with Gasteiger partial charge in [0.05, 0.1) is 30.7 Å². The Labute approximate surface area is 157 Å². The molecule has 1 aromatic carbocycles. The van der Waals surface area contributed by atoms with E-state index in [1.807, 2.05) is 35.8 Å². The van der Waals surface area contributed by atoms with E-state index < -0.39 is 7.12 Å². The number of benzene rings is 1. The van der Waals surface area contributed by atoms with Crippen molar-refractivity contribution in [3.63, 3.8) is 0 Å². The summed E-state index contributed by atoms with van der Waals surface area (Å²) in [5.74, 6) is 0. The molecule has 0 aliphatic carbocycles. The molecule has 0 aliphatic heterocycles. The van der Waals surface area contributed by atoms with Crippen LogP contribution in [0.15, 0.2) is 53.9 Å². The molecule has 3 aromatic rings. The van der Waals surface area contributed by atoms with Gasteiger partial charge in [0.15, 0.2) is 0 Å². The second-order valence-electron chi connectivity index (χ2n) is 5.47. The van der Waals surface area contributed by atoms with Crippen molar-refractivity contribution in [3.05, 3.63) is 59.5 Å². The van der Waals surface area contributed by atoms with E-state index in [0.717, 1.165) is 10.3 Å². The second kappa shape index (κ2) is 10.9. The third-order valence-corrected chi connectivity index (χ3v) is 4.05. The monoisotopic (exact) mass is 406 g/mol. The number of rotatable bonds is 2. The number of halogens is 1. The van der Waals surface area contributed by atoms with Gasteiger partial charge in [-0.3, -0.25) is 0 Å². The Kier molecular flexibility index (Phi) is 9.19. The largest absolute Gasteiger partial charge is 0.451 e. The summed E-state index contributed by atoms with van der Waals surface area (Å²) in [6, 6.07) is 8.46. The zero-order valence-corrected chi connectivity index (χ0v) is 16.6. The Morgan fingerprint density at radius 1 is 1.00 bits per heavy atom. The van der Waals surface area contributed by atoms with Crippen molar-refractivity contribution >= 4 is 23.0 Å². The Bertz CT molecular complexity index is 725. The van der Waals surface area contributed by atoms with Crippen molar-refractivity contribution in [2.24, 2.45) is 14.1 Å². The number of aromatic nitrogens is 4. The molecule has 2 heterocycles. The van der Waals surface area contributed by atoms with Gasteiger partial charge in [-0.15, -0.1) is 0 Å². The van der Waals surface area contributed by atoms with Crippen LogP contribution >= 0.6 is 15.9 Å². The summed E-state index contributed by atoms with van der Waals surface area (Å²) in [6.07, 6.45) is 7.60. The first-order valence-electron chi connectivity index (χ1n) is 7.86. The van der Waals surface area contributed by atoms with Gasteiger partial charge in [-0.05, 0) is 34.7 Å². The second-order valence-corrected chi connectivity index (χ2v) is 6.28. The Morgan fingerprint density at radius 2 is 1.52 bits per heavy atom. The molecule has 6 nitrogen and oxygen atoms in total. The highest BCUT2D eigenvalue weighted by molar-refractivity contribution is 9.10. The van der Waals surface area contributed by atoms with Gasteiger partial charge in [0.1, 0.15) is 4.60 Å². The van der Waals surface area contributed by atoms with Crippen LogP contribution < -0.4 is 0 Å². The fourth-order valence-corrected chi connectivity index (χ4v) is 1.91. The lowest BCUT2D eigenvalue weighted by molar-refractivity contribution is 0.408. The first-order valence-corrected chi connectivity index (χ1v) is 8.65. The normalized spacial score (nSPS) is 9.56. The van der Waals surface area contributed by atoms with Crippen molar-refractivity contribution in [2.45, 2.75) is 20.2 Å². The Balaban J connectivity index is 0.000000219. The minimum absolute atomic E-state index is 0.417. The van der Waals surface area contributed by atoms with E-state index >= 15 is 0 Å². The summed E-state index contributed by atoms with van der Waals surface area (Å²) in [6.45, 7) is 3.79. The molecule has 8 heteroatoms. The molecule has 0 aliphatic rings. The van der Waals surface area contributed by atoms with Gasteiger partial charge in [0.2, 0.25) is 0 Å². The van der Waals surface area contributed by atoms with Gasteiger partial charge in [-0.1, -0.05) is 36.8 Å². The highest BCUT2D eigenvalue weighted by Gasteiger charge is 2.00. The molecule has 0 amide bonds. The number of imidazole rings is 2. The molecule has 2 aromatic heterocycles. The predicted molar refractivity (Wildman–Crippen MR) is 105 cm³/mol. The van der Waals surface area contributed by atoms with Crippen molar-refractivity contribution in [2.75, 3.05) is 0 Å². The Morgan fingerprint density at radius 3 is 1.84 bits per heavy atom. The summed E-state index contributed by atoms with van der Waals surface area (Å²) >= 11 is 3.27. The summed E-state index contributed by atoms with van der Waals surface area (Å²) in [4.78, 5) is 7.92. The molecule has 0 unspecified atom stereocenters. The first kappa shape index (κ1) is 21.1. The molecule has 0 radical (unpaired) electrons. The molecule has 0 saturated carbocycles. The van der Waals surface area contributed by atoms with E-state index in [1.165, 1.54) is 11.1 Å². The van der Waals surface area contributed by atoms with Crippen molar-refractivity contribution < 1.29 is 10.0 Å². The van der Waals surface area contributed by atoms with Crippen molar-refractivity contribution in [1.29, 1.82) is 0 Å². The lowest BCUT2D eigenvalue weighted by atomic mass is 9.88. The summed E-state index contributed by atoms with van der Waals surface area (Å²) < 4.78 is 4.91. The van der Waals surface area contributed by atoms with Crippen LogP contribution in [0.3, 0.4) is 0 Å². The molecule has 0 fully saturated rings. The topological polar surface area (TPSA) is 76.1 Å². The number of nitrogens with zero attached hydrogens (tertiary/aromatic N) is 4. The Hall–Kier alpha value is -1.90. The van der Waals surface area contributed by atoms with Crippen molar-refractivity contribution in [1.82, 2.24) is 19.1 Å². The lowest BCUT2D eigenvalue weighted by Crippen LogP contribution is -2.06. The fourth-order valence-electron chi connectivity index (χ4n) is 1.70. The molecule has 0 spiro atoms. The quantitative estimate of drug-likeness (QED) is 0.641. The minimum Gasteiger partial charge on any atom is -0.427 e. The molecular formula is C17H24BBrN4O2. The van der Waals surface area contributed by atoms with Crippen LogP contribution in [-0.4, -0.2) is 36.3 Å². The highest BCUT2D eigenvalue weighted by atomic mass is 79.9. The number of hydrogen-bond donors (Lipinski definition) is 2. The van der Waals surface area contributed by atoms with Crippen LogP contribution in [0, 0.1) is 6.92 Å². The van der Waals surface area contributed by atoms with Gasteiger partial charge in [0.25, 0.3) is 0 Å². The first-order chi connectivity index (χ1) is 11.8. The van der Waals surface area contributed by atoms with E-state index in [-0.39, 0.29) is 0 Å². The predicted octanol–water partition coefficient (Wildman–Crippen LogP) is 3.06. The van der Waals surface area contributed by atoms with Crippen LogP contribution in [-0.2, 0) is 14.1 Å². The molecule has 25 heavy (non-hydrogen) atoms. The highest BCUT2D eigenvalue weighted by Crippen LogP contribution is 2.17. The maximum atomic E-state index is 7.92. The van der Waals surface area contributed by atoms with Crippen LogP contribution in [0.2, 0.25) is 6.32 Å².